The minimum atomic E-state index is 0. The summed E-state index contributed by atoms with van der Waals surface area (Å²) in [5, 5.41) is 0. The predicted molar refractivity (Wildman–Crippen MR) is 40.3 cm³/mol. The SMILES string of the molecule is O.O.O.[CH2-]CCCCC.[Ti]. The van der Waals surface area contributed by atoms with Crippen LogP contribution in [0, 0.1) is 6.92 Å². The summed E-state index contributed by atoms with van der Waals surface area (Å²) in [5.74, 6) is 0. The van der Waals surface area contributed by atoms with Crippen LogP contribution in [-0.2, 0) is 21.7 Å². The maximum absolute atomic E-state index is 3.72. The molecule has 0 radical (unpaired) electrons. The van der Waals surface area contributed by atoms with E-state index in [1.54, 1.807) is 0 Å². The fourth-order valence-electron chi connectivity index (χ4n) is 0.427. The Bertz CT molecular complexity index is 25.0. The molecular weight excluding hydrogens is 168 g/mol. The maximum atomic E-state index is 3.72. The van der Waals surface area contributed by atoms with Gasteiger partial charge in [0.2, 0.25) is 0 Å². The van der Waals surface area contributed by atoms with Crippen molar-refractivity contribution in [2.75, 3.05) is 0 Å². The van der Waals surface area contributed by atoms with E-state index in [-0.39, 0.29) is 38.1 Å². The summed E-state index contributed by atoms with van der Waals surface area (Å²) in [7, 11) is 0. The van der Waals surface area contributed by atoms with Gasteiger partial charge in [-0.2, -0.15) is 6.42 Å². The summed E-state index contributed by atoms with van der Waals surface area (Å²) in [6, 6.07) is 0. The first-order valence-electron chi connectivity index (χ1n) is 2.71. The Hall–Kier alpha value is 0.594. The van der Waals surface area contributed by atoms with Gasteiger partial charge in [0.1, 0.15) is 0 Å². The summed E-state index contributed by atoms with van der Waals surface area (Å²) >= 11 is 0. The van der Waals surface area contributed by atoms with E-state index in [0.717, 1.165) is 6.42 Å². The van der Waals surface area contributed by atoms with Gasteiger partial charge in [0.15, 0.2) is 0 Å². The average molecular weight is 187 g/mol. The van der Waals surface area contributed by atoms with Crippen molar-refractivity contribution in [3.8, 4) is 0 Å². The monoisotopic (exact) mass is 187 g/mol. The summed E-state index contributed by atoms with van der Waals surface area (Å²) in [6.45, 7) is 5.93. The molecule has 6 N–H and O–H groups in total. The average Bonchev–Trinajstić information content (AvgIpc) is 1.61. The van der Waals surface area contributed by atoms with E-state index in [0.29, 0.717) is 0 Å². The summed E-state index contributed by atoms with van der Waals surface area (Å²) in [5.41, 5.74) is 0. The van der Waals surface area contributed by atoms with Crippen LogP contribution < -0.4 is 0 Å². The quantitative estimate of drug-likeness (QED) is 0.335. The molecule has 0 aliphatic carbocycles. The van der Waals surface area contributed by atoms with Crippen molar-refractivity contribution < 1.29 is 38.1 Å². The molecule has 0 aromatic rings. The molecule has 0 bridgehead atoms. The fraction of sp³-hybridized carbons (Fsp3) is 0.833. The van der Waals surface area contributed by atoms with Gasteiger partial charge in [0, 0.05) is 21.7 Å². The van der Waals surface area contributed by atoms with Crippen molar-refractivity contribution in [1.29, 1.82) is 0 Å². The van der Waals surface area contributed by atoms with Gasteiger partial charge in [-0.05, 0) is 0 Å². The minimum absolute atomic E-state index is 0. The normalized spacial score (nSPS) is 5.40. The first-order chi connectivity index (χ1) is 2.91. The second-order valence-corrected chi connectivity index (χ2v) is 1.56. The van der Waals surface area contributed by atoms with E-state index in [2.05, 4.69) is 13.8 Å². The zero-order valence-electron chi connectivity index (χ0n) is 6.54. The number of hydrogen-bond acceptors (Lipinski definition) is 0. The Kier molecular flexibility index (Phi) is 105. The first-order valence-corrected chi connectivity index (χ1v) is 2.71. The molecule has 10 heavy (non-hydrogen) atoms. The molecule has 0 rings (SSSR count). The largest absolute Gasteiger partial charge is 0.412 e. The predicted octanol–water partition coefficient (Wildman–Crippen LogP) is -0.0758. The zero-order chi connectivity index (χ0) is 4.83. The van der Waals surface area contributed by atoms with Gasteiger partial charge in [-0.1, -0.05) is 26.2 Å². The molecule has 0 aromatic heterocycles. The fourth-order valence-corrected chi connectivity index (χ4v) is 0.427. The molecule has 0 heterocycles. The topological polar surface area (TPSA) is 94.5 Å². The van der Waals surface area contributed by atoms with Crippen LogP contribution >= 0.6 is 0 Å². The second kappa shape index (κ2) is 33.6. The van der Waals surface area contributed by atoms with Crippen molar-refractivity contribution >= 4 is 0 Å². The zero-order valence-corrected chi connectivity index (χ0v) is 8.10. The Morgan fingerprint density at radius 2 is 1.40 bits per heavy atom. The van der Waals surface area contributed by atoms with Gasteiger partial charge in [0.25, 0.3) is 0 Å². The van der Waals surface area contributed by atoms with Gasteiger partial charge in [-0.3, -0.25) is 0 Å². The third-order valence-electron chi connectivity index (χ3n) is 0.854. The molecule has 0 aliphatic rings. The molecule has 0 spiro atoms. The van der Waals surface area contributed by atoms with Crippen LogP contribution in [-0.4, -0.2) is 16.4 Å². The number of rotatable bonds is 3. The molecule has 0 unspecified atom stereocenters. The van der Waals surface area contributed by atoms with Crippen LogP contribution in [0.2, 0.25) is 0 Å². The van der Waals surface area contributed by atoms with E-state index in [4.69, 9.17) is 0 Å². The molecule has 4 heteroatoms. The van der Waals surface area contributed by atoms with Crippen LogP contribution in [0.4, 0.5) is 0 Å². The summed E-state index contributed by atoms with van der Waals surface area (Å²) in [6.07, 6.45) is 5.07. The molecule has 0 aliphatic heterocycles. The Morgan fingerprint density at radius 3 is 1.50 bits per heavy atom. The smallest absolute Gasteiger partial charge is 0 e. The summed E-state index contributed by atoms with van der Waals surface area (Å²) in [4.78, 5) is 0. The van der Waals surface area contributed by atoms with Crippen molar-refractivity contribution in [1.82, 2.24) is 0 Å². The van der Waals surface area contributed by atoms with Crippen molar-refractivity contribution in [2.24, 2.45) is 0 Å². The molecule has 0 saturated carbocycles. The maximum Gasteiger partial charge on any atom is 0 e. The Balaban J connectivity index is -0.0000000208. The van der Waals surface area contributed by atoms with E-state index in [9.17, 15) is 0 Å². The van der Waals surface area contributed by atoms with E-state index in [1.807, 2.05) is 0 Å². The molecule has 3 nitrogen and oxygen atoms in total. The van der Waals surface area contributed by atoms with Crippen LogP contribution in [0.15, 0.2) is 0 Å². The van der Waals surface area contributed by atoms with Crippen molar-refractivity contribution in [3.63, 3.8) is 0 Å². The van der Waals surface area contributed by atoms with Gasteiger partial charge in [-0.25, -0.2) is 0 Å². The van der Waals surface area contributed by atoms with E-state index in [1.165, 1.54) is 19.3 Å². The molecule has 0 aromatic carbocycles. The van der Waals surface area contributed by atoms with Gasteiger partial charge in [0.05, 0.1) is 0 Å². The van der Waals surface area contributed by atoms with Crippen LogP contribution in [0.1, 0.15) is 32.6 Å². The van der Waals surface area contributed by atoms with Crippen molar-refractivity contribution in [3.05, 3.63) is 6.92 Å². The van der Waals surface area contributed by atoms with Gasteiger partial charge >= 0.3 is 0 Å². The Morgan fingerprint density at radius 1 is 1.00 bits per heavy atom. The second-order valence-electron chi connectivity index (χ2n) is 1.56. The number of unbranched alkanes of at least 4 members (excludes halogenated alkanes) is 3. The van der Waals surface area contributed by atoms with Gasteiger partial charge in [-0.15, -0.1) is 0 Å². The van der Waals surface area contributed by atoms with Crippen LogP contribution in [0.3, 0.4) is 0 Å². The van der Waals surface area contributed by atoms with Crippen molar-refractivity contribution in [2.45, 2.75) is 32.6 Å². The number of hydrogen-bond donors (Lipinski definition) is 0. The molecule has 66 valence electrons. The van der Waals surface area contributed by atoms with Crippen LogP contribution in [0.5, 0.6) is 0 Å². The standard InChI is InChI=1S/C6H13.3H2O.Ti/c1-3-5-6-4-2;;;;/h1,3-6H2,2H3;3*1H2;/q-1;;;;. The third-order valence-corrected chi connectivity index (χ3v) is 0.854. The molecular formula is C6H19O3Ti-. The molecule has 0 amide bonds. The molecule has 0 saturated heterocycles. The molecule has 0 atom stereocenters. The third kappa shape index (κ3) is 38.4. The Labute approximate surface area is 78.0 Å². The van der Waals surface area contributed by atoms with Crippen LogP contribution in [0.25, 0.3) is 0 Å². The summed E-state index contributed by atoms with van der Waals surface area (Å²) < 4.78 is 0. The molecule has 0 fully saturated rings. The van der Waals surface area contributed by atoms with E-state index < -0.39 is 0 Å². The van der Waals surface area contributed by atoms with Gasteiger partial charge < -0.3 is 23.4 Å². The van der Waals surface area contributed by atoms with E-state index >= 15 is 0 Å². The first kappa shape index (κ1) is 31.2. The minimum Gasteiger partial charge on any atom is -0.412 e.